The zero-order valence-corrected chi connectivity index (χ0v) is 13.2. The van der Waals surface area contributed by atoms with E-state index >= 15 is 0 Å². The lowest BCUT2D eigenvalue weighted by molar-refractivity contribution is 0.345. The summed E-state index contributed by atoms with van der Waals surface area (Å²) in [5, 5.41) is 3.85. The topological polar surface area (TPSA) is 12.0 Å². The summed E-state index contributed by atoms with van der Waals surface area (Å²) >= 11 is 5.89. The molecule has 20 heavy (non-hydrogen) atoms. The standard InChI is InChI=1S/C17H25ClFN/c1-3-9-20-16(13-8-7-12(2)10-13)11-14-5-4-6-15(18)17(14)19/h4-6,12-13,16,20H,3,7-11H2,1-2H3. The predicted octanol–water partition coefficient (Wildman–Crippen LogP) is 4.83. The summed E-state index contributed by atoms with van der Waals surface area (Å²) in [6.07, 6.45) is 5.65. The van der Waals surface area contributed by atoms with E-state index < -0.39 is 0 Å². The molecule has 0 aromatic heterocycles. The molecular formula is C17H25ClFN. The molecule has 112 valence electrons. The first-order valence-electron chi connectivity index (χ1n) is 7.78. The molecule has 0 saturated heterocycles. The Morgan fingerprint density at radius 2 is 2.20 bits per heavy atom. The number of halogens is 2. The minimum absolute atomic E-state index is 0.233. The van der Waals surface area contributed by atoms with Crippen molar-refractivity contribution in [1.82, 2.24) is 5.32 Å². The molecule has 0 amide bonds. The molecule has 3 heteroatoms. The van der Waals surface area contributed by atoms with E-state index in [2.05, 4.69) is 19.2 Å². The van der Waals surface area contributed by atoms with Crippen LogP contribution in [0.25, 0.3) is 0 Å². The molecule has 1 saturated carbocycles. The first kappa shape index (κ1) is 15.8. The van der Waals surface area contributed by atoms with Gasteiger partial charge in [0.15, 0.2) is 0 Å². The van der Waals surface area contributed by atoms with Crippen LogP contribution in [-0.4, -0.2) is 12.6 Å². The number of hydrogen-bond acceptors (Lipinski definition) is 1. The van der Waals surface area contributed by atoms with Crippen LogP contribution in [0.15, 0.2) is 18.2 Å². The Hall–Kier alpha value is -0.600. The molecule has 1 fully saturated rings. The number of hydrogen-bond donors (Lipinski definition) is 1. The molecule has 2 rings (SSSR count). The van der Waals surface area contributed by atoms with E-state index in [1.807, 2.05) is 12.1 Å². The summed E-state index contributed by atoms with van der Waals surface area (Å²) in [6, 6.07) is 5.69. The average molecular weight is 298 g/mol. The van der Waals surface area contributed by atoms with Gasteiger partial charge in [0.05, 0.1) is 5.02 Å². The number of benzene rings is 1. The van der Waals surface area contributed by atoms with Gasteiger partial charge < -0.3 is 5.32 Å². The zero-order chi connectivity index (χ0) is 14.5. The molecule has 1 nitrogen and oxygen atoms in total. The molecule has 0 aliphatic heterocycles. The van der Waals surface area contributed by atoms with Crippen molar-refractivity contribution >= 4 is 11.6 Å². The number of nitrogens with one attached hydrogen (secondary N) is 1. The maximum atomic E-state index is 14.1. The Kier molecular flexibility index (Phi) is 5.86. The molecule has 3 atom stereocenters. The minimum Gasteiger partial charge on any atom is -0.313 e. The van der Waals surface area contributed by atoms with E-state index in [4.69, 9.17) is 11.6 Å². The lowest BCUT2D eigenvalue weighted by Gasteiger charge is -2.25. The van der Waals surface area contributed by atoms with Crippen LogP contribution < -0.4 is 5.32 Å². The van der Waals surface area contributed by atoms with Gasteiger partial charge in [0.2, 0.25) is 0 Å². The number of rotatable bonds is 6. The van der Waals surface area contributed by atoms with Gasteiger partial charge in [-0.25, -0.2) is 4.39 Å². The lowest BCUT2D eigenvalue weighted by atomic mass is 9.91. The monoisotopic (exact) mass is 297 g/mol. The summed E-state index contributed by atoms with van der Waals surface area (Å²) in [4.78, 5) is 0. The van der Waals surface area contributed by atoms with Crippen LogP contribution in [0.3, 0.4) is 0 Å². The van der Waals surface area contributed by atoms with Gasteiger partial charge in [0.25, 0.3) is 0 Å². The largest absolute Gasteiger partial charge is 0.313 e. The van der Waals surface area contributed by atoms with Gasteiger partial charge in [-0.1, -0.05) is 44.0 Å². The van der Waals surface area contributed by atoms with Crippen molar-refractivity contribution in [2.75, 3.05) is 6.54 Å². The summed E-state index contributed by atoms with van der Waals surface area (Å²) in [6.45, 7) is 5.48. The van der Waals surface area contributed by atoms with Crippen molar-refractivity contribution in [1.29, 1.82) is 0 Å². The first-order valence-corrected chi connectivity index (χ1v) is 8.15. The minimum atomic E-state index is -0.247. The van der Waals surface area contributed by atoms with Crippen molar-refractivity contribution in [2.24, 2.45) is 11.8 Å². The van der Waals surface area contributed by atoms with Gasteiger partial charge in [-0.3, -0.25) is 0 Å². The third-order valence-electron chi connectivity index (χ3n) is 4.43. The Bertz CT molecular complexity index is 435. The predicted molar refractivity (Wildman–Crippen MR) is 83.7 cm³/mol. The summed E-state index contributed by atoms with van der Waals surface area (Å²) in [7, 11) is 0. The molecule has 1 aliphatic rings. The van der Waals surface area contributed by atoms with Crippen molar-refractivity contribution in [3.05, 3.63) is 34.6 Å². The van der Waals surface area contributed by atoms with Crippen LogP contribution in [-0.2, 0) is 6.42 Å². The van der Waals surface area contributed by atoms with Gasteiger partial charge in [0.1, 0.15) is 5.82 Å². The van der Waals surface area contributed by atoms with E-state index in [-0.39, 0.29) is 10.8 Å². The highest BCUT2D eigenvalue weighted by Crippen LogP contribution is 2.34. The summed E-state index contributed by atoms with van der Waals surface area (Å²) in [5.41, 5.74) is 0.741. The van der Waals surface area contributed by atoms with E-state index in [0.29, 0.717) is 12.0 Å². The molecular weight excluding hydrogens is 273 g/mol. The highest BCUT2D eigenvalue weighted by Gasteiger charge is 2.29. The van der Waals surface area contributed by atoms with Crippen LogP contribution >= 0.6 is 11.6 Å². The van der Waals surface area contributed by atoms with Crippen LogP contribution in [0, 0.1) is 17.7 Å². The van der Waals surface area contributed by atoms with E-state index in [1.165, 1.54) is 19.3 Å². The van der Waals surface area contributed by atoms with E-state index in [1.54, 1.807) is 6.07 Å². The van der Waals surface area contributed by atoms with Crippen LogP contribution in [0.5, 0.6) is 0 Å². The van der Waals surface area contributed by atoms with Gasteiger partial charge in [-0.2, -0.15) is 0 Å². The van der Waals surface area contributed by atoms with Crippen LogP contribution in [0.2, 0.25) is 5.02 Å². The Balaban J connectivity index is 2.08. The quantitative estimate of drug-likeness (QED) is 0.793. The second kappa shape index (κ2) is 7.42. The van der Waals surface area contributed by atoms with Crippen LogP contribution in [0.1, 0.15) is 45.1 Å². The second-order valence-electron chi connectivity index (χ2n) is 6.16. The van der Waals surface area contributed by atoms with Crippen molar-refractivity contribution in [2.45, 2.75) is 52.0 Å². The lowest BCUT2D eigenvalue weighted by Crippen LogP contribution is -2.38. The maximum absolute atomic E-state index is 14.1. The molecule has 0 radical (unpaired) electrons. The molecule has 0 bridgehead atoms. The molecule has 0 heterocycles. The van der Waals surface area contributed by atoms with Crippen molar-refractivity contribution in [3.63, 3.8) is 0 Å². The molecule has 1 N–H and O–H groups in total. The fraction of sp³-hybridized carbons (Fsp3) is 0.647. The Labute approximate surface area is 126 Å². The summed E-state index contributed by atoms with van der Waals surface area (Å²) in [5.74, 6) is 1.22. The van der Waals surface area contributed by atoms with Gasteiger partial charge in [0, 0.05) is 6.04 Å². The SMILES string of the molecule is CCCNC(Cc1cccc(Cl)c1F)C1CCC(C)C1. The fourth-order valence-electron chi connectivity index (χ4n) is 3.29. The molecule has 1 aliphatic carbocycles. The molecule has 3 unspecified atom stereocenters. The fourth-order valence-corrected chi connectivity index (χ4v) is 3.49. The van der Waals surface area contributed by atoms with Crippen LogP contribution in [0.4, 0.5) is 4.39 Å². The molecule has 1 aromatic carbocycles. The van der Waals surface area contributed by atoms with Crippen molar-refractivity contribution < 1.29 is 4.39 Å². The normalized spacial score (nSPS) is 24.0. The third-order valence-corrected chi connectivity index (χ3v) is 4.72. The third kappa shape index (κ3) is 3.95. The first-order chi connectivity index (χ1) is 9.61. The van der Waals surface area contributed by atoms with Gasteiger partial charge in [-0.15, -0.1) is 0 Å². The van der Waals surface area contributed by atoms with Gasteiger partial charge >= 0.3 is 0 Å². The zero-order valence-electron chi connectivity index (χ0n) is 12.5. The average Bonchev–Trinajstić information content (AvgIpc) is 2.86. The highest BCUT2D eigenvalue weighted by molar-refractivity contribution is 6.30. The summed E-state index contributed by atoms with van der Waals surface area (Å²) < 4.78 is 14.1. The molecule has 1 aromatic rings. The Morgan fingerprint density at radius 3 is 2.85 bits per heavy atom. The van der Waals surface area contributed by atoms with Gasteiger partial charge in [-0.05, 0) is 55.7 Å². The van der Waals surface area contributed by atoms with Crippen molar-refractivity contribution in [3.8, 4) is 0 Å². The van der Waals surface area contributed by atoms with E-state index in [9.17, 15) is 4.39 Å². The maximum Gasteiger partial charge on any atom is 0.145 e. The molecule has 0 spiro atoms. The highest BCUT2D eigenvalue weighted by atomic mass is 35.5. The second-order valence-corrected chi connectivity index (χ2v) is 6.56. The smallest absolute Gasteiger partial charge is 0.145 e. The van der Waals surface area contributed by atoms with E-state index in [0.717, 1.165) is 30.9 Å². The Morgan fingerprint density at radius 1 is 1.40 bits per heavy atom.